The molecule has 8 heteroatoms. The number of carbonyl (C=O) groups excluding carboxylic acids is 1. The Morgan fingerprint density at radius 2 is 2.10 bits per heavy atom. The molecule has 152 valence electrons. The number of halogens is 1. The third kappa shape index (κ3) is 2.81. The van der Waals surface area contributed by atoms with Crippen LogP contribution in [0.1, 0.15) is 72.0 Å². The maximum atomic E-state index is 14.9. The SMILES string of the molecule is Cc1nc(C(C)(C)C#Cc2cc3c(cc2F)C2CC(C2)n2cc(C(N)=O)nc2-3)no1. The lowest BCUT2D eigenvalue weighted by Crippen LogP contribution is -2.22. The van der Waals surface area contributed by atoms with Crippen LogP contribution in [0.2, 0.25) is 0 Å². The van der Waals surface area contributed by atoms with E-state index in [4.69, 9.17) is 10.3 Å². The fraction of sp³-hybridized carbons (Fsp3) is 0.364. The summed E-state index contributed by atoms with van der Waals surface area (Å²) in [5, 5.41) is 3.93. The Kier molecular flexibility index (Phi) is 3.87. The van der Waals surface area contributed by atoms with E-state index in [9.17, 15) is 9.18 Å². The van der Waals surface area contributed by atoms with E-state index in [2.05, 4.69) is 27.0 Å². The standard InChI is InChI=1S/C22H20FN5O2/c1-11-25-21(27-30-11)22(2,3)5-4-12-8-16-15(9-17(12)23)13-6-14(7-13)28-10-18(19(24)29)26-20(16)28/h8-10,13-14H,6-7H2,1-3H3,(H2,24,29). The minimum atomic E-state index is -0.712. The van der Waals surface area contributed by atoms with Crippen molar-refractivity contribution < 1.29 is 13.7 Å². The summed E-state index contributed by atoms with van der Waals surface area (Å²) < 4.78 is 22.0. The van der Waals surface area contributed by atoms with Crippen LogP contribution in [-0.4, -0.2) is 25.6 Å². The summed E-state index contributed by atoms with van der Waals surface area (Å²) in [7, 11) is 0. The molecule has 2 bridgehead atoms. The van der Waals surface area contributed by atoms with Gasteiger partial charge in [0.25, 0.3) is 5.91 Å². The summed E-state index contributed by atoms with van der Waals surface area (Å²) in [4.78, 5) is 20.3. The van der Waals surface area contributed by atoms with Crippen LogP contribution < -0.4 is 5.73 Å². The number of nitrogens with two attached hydrogens (primary N) is 1. The third-order valence-electron chi connectivity index (χ3n) is 5.91. The Labute approximate surface area is 172 Å². The number of amides is 1. The van der Waals surface area contributed by atoms with Gasteiger partial charge in [0, 0.05) is 24.7 Å². The Balaban J connectivity index is 1.61. The average molecular weight is 405 g/mol. The number of nitrogens with zero attached hydrogens (tertiary/aromatic N) is 4. The van der Waals surface area contributed by atoms with Gasteiger partial charge in [-0.15, -0.1) is 0 Å². The van der Waals surface area contributed by atoms with Gasteiger partial charge < -0.3 is 14.8 Å². The first-order valence-corrected chi connectivity index (χ1v) is 9.79. The van der Waals surface area contributed by atoms with Crippen LogP contribution >= 0.6 is 0 Å². The van der Waals surface area contributed by atoms with Crippen LogP contribution in [0.3, 0.4) is 0 Å². The minimum absolute atomic E-state index is 0.215. The fourth-order valence-corrected chi connectivity index (χ4v) is 4.11. The van der Waals surface area contributed by atoms with Crippen molar-refractivity contribution in [1.82, 2.24) is 19.7 Å². The second-order valence-corrected chi connectivity index (χ2v) is 8.47. The Bertz CT molecular complexity index is 1250. The molecule has 1 aromatic carbocycles. The van der Waals surface area contributed by atoms with E-state index in [1.165, 1.54) is 0 Å². The summed E-state index contributed by atoms with van der Waals surface area (Å²) in [5.74, 6) is 6.87. The topological polar surface area (TPSA) is 99.8 Å². The highest BCUT2D eigenvalue weighted by molar-refractivity contribution is 5.91. The van der Waals surface area contributed by atoms with Crippen LogP contribution in [0.5, 0.6) is 0 Å². The number of hydrogen-bond acceptors (Lipinski definition) is 5. The van der Waals surface area contributed by atoms with Crippen molar-refractivity contribution in [3.05, 3.63) is 52.7 Å². The number of aromatic nitrogens is 4. The zero-order valence-corrected chi connectivity index (χ0v) is 16.9. The van der Waals surface area contributed by atoms with Crippen molar-refractivity contribution in [2.75, 3.05) is 0 Å². The molecule has 3 aliphatic rings. The summed E-state index contributed by atoms with van der Waals surface area (Å²) >= 11 is 0. The molecule has 1 saturated carbocycles. The minimum Gasteiger partial charge on any atom is -0.364 e. The first-order chi connectivity index (χ1) is 14.2. The lowest BCUT2D eigenvalue weighted by Gasteiger charge is -2.34. The van der Waals surface area contributed by atoms with Gasteiger partial charge >= 0.3 is 0 Å². The molecule has 0 saturated heterocycles. The van der Waals surface area contributed by atoms with Crippen molar-refractivity contribution >= 4 is 5.91 Å². The quantitative estimate of drug-likeness (QED) is 0.660. The first kappa shape index (κ1) is 18.6. The predicted octanol–water partition coefficient (Wildman–Crippen LogP) is 3.24. The summed E-state index contributed by atoms with van der Waals surface area (Å²) in [6.07, 6.45) is 3.48. The lowest BCUT2D eigenvalue weighted by atomic mass is 9.75. The van der Waals surface area contributed by atoms with E-state index >= 15 is 0 Å². The van der Waals surface area contributed by atoms with E-state index < -0.39 is 11.3 Å². The molecule has 2 N–H and O–H groups in total. The fourth-order valence-electron chi connectivity index (χ4n) is 4.11. The molecular formula is C22H20FN5O2. The monoisotopic (exact) mass is 405 g/mol. The number of imidazole rings is 1. The highest BCUT2D eigenvalue weighted by Gasteiger charge is 2.39. The molecule has 0 unspecified atom stereocenters. The molecule has 1 fully saturated rings. The Hall–Kier alpha value is -3.47. The second kappa shape index (κ2) is 6.26. The van der Waals surface area contributed by atoms with Gasteiger partial charge in [0.15, 0.2) is 5.82 Å². The van der Waals surface area contributed by atoms with Crippen LogP contribution in [0.4, 0.5) is 4.39 Å². The summed E-state index contributed by atoms with van der Waals surface area (Å²) in [6, 6.07) is 3.52. The van der Waals surface area contributed by atoms with Gasteiger partial charge in [-0.2, -0.15) is 4.98 Å². The van der Waals surface area contributed by atoms with Crippen LogP contribution in [0, 0.1) is 24.6 Å². The third-order valence-corrected chi connectivity index (χ3v) is 5.91. The average Bonchev–Trinajstić information content (AvgIpc) is 3.23. The molecule has 30 heavy (non-hydrogen) atoms. The molecule has 4 heterocycles. The Morgan fingerprint density at radius 3 is 2.77 bits per heavy atom. The largest absolute Gasteiger partial charge is 0.364 e. The van der Waals surface area contributed by atoms with E-state index in [1.54, 1.807) is 25.3 Å². The predicted molar refractivity (Wildman–Crippen MR) is 106 cm³/mol. The lowest BCUT2D eigenvalue weighted by molar-refractivity contribution is 0.0995. The molecule has 1 aliphatic carbocycles. The maximum Gasteiger partial charge on any atom is 0.268 e. The number of carbonyl (C=O) groups is 1. The number of benzene rings is 1. The van der Waals surface area contributed by atoms with Gasteiger partial charge in [-0.1, -0.05) is 17.0 Å². The van der Waals surface area contributed by atoms with Gasteiger partial charge in [0.2, 0.25) is 5.89 Å². The van der Waals surface area contributed by atoms with Crippen molar-refractivity contribution in [3.8, 4) is 23.2 Å². The van der Waals surface area contributed by atoms with Crippen LogP contribution in [0.25, 0.3) is 11.4 Å². The zero-order chi connectivity index (χ0) is 21.2. The van der Waals surface area contributed by atoms with Crippen molar-refractivity contribution in [1.29, 1.82) is 0 Å². The smallest absolute Gasteiger partial charge is 0.268 e. The number of hydrogen-bond donors (Lipinski definition) is 1. The first-order valence-electron chi connectivity index (χ1n) is 9.79. The molecule has 0 radical (unpaired) electrons. The van der Waals surface area contributed by atoms with Crippen molar-refractivity contribution in [3.63, 3.8) is 0 Å². The van der Waals surface area contributed by atoms with Gasteiger partial charge in [0.1, 0.15) is 17.3 Å². The number of primary amides is 1. The van der Waals surface area contributed by atoms with E-state index in [0.717, 1.165) is 24.0 Å². The maximum absolute atomic E-state index is 14.9. The molecule has 0 spiro atoms. The molecule has 2 aromatic heterocycles. The van der Waals surface area contributed by atoms with E-state index in [1.807, 2.05) is 18.4 Å². The van der Waals surface area contributed by atoms with Crippen molar-refractivity contribution in [2.45, 2.75) is 51.0 Å². The highest BCUT2D eigenvalue weighted by atomic mass is 19.1. The normalized spacial score (nSPS) is 19.1. The van der Waals surface area contributed by atoms with Crippen molar-refractivity contribution in [2.24, 2.45) is 5.73 Å². The molecule has 7 nitrogen and oxygen atoms in total. The van der Waals surface area contributed by atoms with Gasteiger partial charge in [-0.05, 0) is 50.3 Å². The molecule has 2 aliphatic heterocycles. The molecule has 1 amide bonds. The molecule has 0 atom stereocenters. The highest BCUT2D eigenvalue weighted by Crippen LogP contribution is 2.52. The summed E-state index contributed by atoms with van der Waals surface area (Å²) in [5.41, 5.74) is 6.90. The molecular weight excluding hydrogens is 385 g/mol. The molecule has 6 rings (SSSR count). The Morgan fingerprint density at radius 1 is 1.33 bits per heavy atom. The second-order valence-electron chi connectivity index (χ2n) is 8.47. The number of aryl methyl sites for hydroxylation is 1. The van der Waals surface area contributed by atoms with E-state index in [-0.39, 0.29) is 29.0 Å². The van der Waals surface area contributed by atoms with Gasteiger partial charge in [-0.3, -0.25) is 4.79 Å². The molecule has 3 aromatic rings. The zero-order valence-electron chi connectivity index (χ0n) is 16.9. The van der Waals surface area contributed by atoms with Gasteiger partial charge in [-0.25, -0.2) is 9.37 Å². The van der Waals surface area contributed by atoms with Gasteiger partial charge in [0.05, 0.1) is 11.0 Å². The number of rotatable bonds is 2. The van der Waals surface area contributed by atoms with E-state index in [0.29, 0.717) is 17.5 Å². The van der Waals surface area contributed by atoms with Crippen LogP contribution in [0.15, 0.2) is 22.9 Å². The van der Waals surface area contributed by atoms with Crippen LogP contribution in [-0.2, 0) is 5.41 Å². The summed E-state index contributed by atoms with van der Waals surface area (Å²) in [6.45, 7) is 5.41.